The second-order valence-electron chi connectivity index (χ2n) is 7.33. The van der Waals surface area contributed by atoms with Crippen LogP contribution in [0.2, 0.25) is 0 Å². The van der Waals surface area contributed by atoms with E-state index in [0.717, 1.165) is 40.6 Å². The van der Waals surface area contributed by atoms with Crippen molar-refractivity contribution in [2.75, 3.05) is 9.80 Å². The molecular formula is C21H25N9. The van der Waals surface area contributed by atoms with Gasteiger partial charge in [-0.15, -0.1) is 0 Å². The summed E-state index contributed by atoms with van der Waals surface area (Å²) in [6, 6.07) is 6.01. The number of fused-ring (bicyclic) bond motifs is 1. The molecule has 0 spiro atoms. The monoisotopic (exact) mass is 403 g/mol. The van der Waals surface area contributed by atoms with Crippen molar-refractivity contribution in [3.8, 4) is 22.8 Å². The van der Waals surface area contributed by atoms with Crippen LogP contribution in [0.4, 0.5) is 11.5 Å². The zero-order chi connectivity index (χ0) is 21.3. The summed E-state index contributed by atoms with van der Waals surface area (Å²) in [5, 5.41) is 10.9. The molecule has 9 heteroatoms. The number of hydrogen-bond donors (Lipinski definition) is 2. The van der Waals surface area contributed by atoms with E-state index >= 15 is 0 Å². The molecule has 1 atom stereocenters. The Morgan fingerprint density at radius 2 is 2.13 bits per heavy atom. The lowest BCUT2D eigenvalue weighted by molar-refractivity contribution is 0.557. The number of nitrogens with two attached hydrogens (primary N) is 1. The van der Waals surface area contributed by atoms with Gasteiger partial charge in [-0.2, -0.15) is 10.2 Å². The molecule has 3 N–H and O–H groups in total. The lowest BCUT2D eigenvalue weighted by Crippen LogP contribution is -2.50. The highest BCUT2D eigenvalue weighted by atomic mass is 15.4. The van der Waals surface area contributed by atoms with Gasteiger partial charge < -0.3 is 10.7 Å². The van der Waals surface area contributed by atoms with Crippen molar-refractivity contribution in [2.24, 2.45) is 10.9 Å². The Balaban J connectivity index is 1.88. The third-order valence-corrected chi connectivity index (χ3v) is 5.21. The molecule has 0 saturated carbocycles. The number of anilines is 2. The van der Waals surface area contributed by atoms with Crippen LogP contribution in [0.5, 0.6) is 0 Å². The number of aromatic nitrogens is 5. The van der Waals surface area contributed by atoms with Crippen LogP contribution >= 0.6 is 0 Å². The van der Waals surface area contributed by atoms with E-state index in [1.54, 1.807) is 24.9 Å². The van der Waals surface area contributed by atoms with Crippen LogP contribution < -0.4 is 15.6 Å². The van der Waals surface area contributed by atoms with Gasteiger partial charge in [0.05, 0.1) is 35.4 Å². The summed E-state index contributed by atoms with van der Waals surface area (Å²) in [5.74, 6) is 6.84. The second-order valence-corrected chi connectivity index (χ2v) is 7.33. The maximum absolute atomic E-state index is 5.46. The van der Waals surface area contributed by atoms with E-state index in [-0.39, 0.29) is 12.1 Å². The molecule has 0 aliphatic carbocycles. The van der Waals surface area contributed by atoms with Gasteiger partial charge >= 0.3 is 0 Å². The quantitative estimate of drug-likeness (QED) is 0.291. The van der Waals surface area contributed by atoms with E-state index in [4.69, 9.17) is 10.8 Å². The Morgan fingerprint density at radius 1 is 1.30 bits per heavy atom. The van der Waals surface area contributed by atoms with Crippen molar-refractivity contribution in [1.29, 1.82) is 0 Å². The van der Waals surface area contributed by atoms with Gasteiger partial charge in [-0.25, -0.2) is 9.97 Å². The number of nitrogens with one attached hydrogen (secondary N) is 1. The molecule has 0 fully saturated rings. The SMILES string of the molecule is C=C1[C@@H](CC)N(C(C)C)c2nc(-c3cn[nH]c3-c3ccccn3)ncc2N1/C=N\N. The summed E-state index contributed by atoms with van der Waals surface area (Å²) in [5.41, 5.74) is 4.03. The number of hydrazone groups is 1. The smallest absolute Gasteiger partial charge is 0.165 e. The van der Waals surface area contributed by atoms with Gasteiger partial charge in [0.2, 0.25) is 0 Å². The molecule has 0 saturated heterocycles. The molecule has 1 aliphatic heterocycles. The molecule has 1 aliphatic rings. The highest BCUT2D eigenvalue weighted by Crippen LogP contribution is 2.40. The van der Waals surface area contributed by atoms with Crippen LogP contribution in [-0.2, 0) is 0 Å². The third kappa shape index (κ3) is 3.18. The molecule has 4 rings (SSSR count). The van der Waals surface area contributed by atoms with E-state index in [1.165, 1.54) is 0 Å². The summed E-state index contributed by atoms with van der Waals surface area (Å²) >= 11 is 0. The lowest BCUT2D eigenvalue weighted by atomic mass is 10.0. The van der Waals surface area contributed by atoms with Gasteiger partial charge in [0.25, 0.3) is 0 Å². The standard InChI is InChI=1S/C21H25N9/c1-5-17-14(4)29(12-25-22)18-11-24-20(27-21(18)30(17)13(2)3)15-10-26-28-19(15)16-8-6-7-9-23-16/h6-13,17H,4-5,22H2,1-3H3,(H,26,28)/b25-12-/t17-/m1/s1. The van der Waals surface area contributed by atoms with Crippen LogP contribution in [0.1, 0.15) is 27.2 Å². The van der Waals surface area contributed by atoms with E-state index in [2.05, 4.69) is 57.5 Å². The number of pyridine rings is 1. The number of hydrogen-bond acceptors (Lipinski definition) is 7. The normalized spacial score (nSPS) is 16.5. The third-order valence-electron chi connectivity index (χ3n) is 5.21. The van der Waals surface area contributed by atoms with Crippen molar-refractivity contribution >= 4 is 17.8 Å². The predicted octanol–water partition coefficient (Wildman–Crippen LogP) is 3.16. The minimum atomic E-state index is 0.0675. The fraction of sp³-hybridized carbons (Fsp3) is 0.286. The van der Waals surface area contributed by atoms with Crippen LogP contribution in [0.15, 0.2) is 54.2 Å². The Kier molecular flexibility index (Phi) is 5.18. The molecule has 4 heterocycles. The molecule has 30 heavy (non-hydrogen) atoms. The Labute approximate surface area is 175 Å². The summed E-state index contributed by atoms with van der Waals surface area (Å²) in [4.78, 5) is 18.1. The highest BCUT2D eigenvalue weighted by Gasteiger charge is 2.36. The van der Waals surface area contributed by atoms with Gasteiger partial charge in [-0.3, -0.25) is 15.0 Å². The summed E-state index contributed by atoms with van der Waals surface area (Å²) < 4.78 is 0. The molecule has 0 bridgehead atoms. The number of aromatic amines is 1. The first-order chi connectivity index (χ1) is 14.6. The number of H-pyrrole nitrogens is 1. The average Bonchev–Trinajstić information content (AvgIpc) is 3.25. The van der Waals surface area contributed by atoms with Crippen LogP contribution in [-0.4, -0.2) is 43.6 Å². The number of rotatable bonds is 5. The van der Waals surface area contributed by atoms with Gasteiger partial charge in [0.1, 0.15) is 12.0 Å². The molecule has 0 aromatic carbocycles. The van der Waals surface area contributed by atoms with Crippen LogP contribution in [0, 0.1) is 0 Å². The highest BCUT2D eigenvalue weighted by molar-refractivity contribution is 5.91. The first kappa shape index (κ1) is 19.6. The van der Waals surface area contributed by atoms with Crippen LogP contribution in [0.25, 0.3) is 22.8 Å². The fourth-order valence-corrected chi connectivity index (χ4v) is 3.88. The van der Waals surface area contributed by atoms with E-state index in [0.29, 0.717) is 5.82 Å². The molecule has 0 radical (unpaired) electrons. The Morgan fingerprint density at radius 3 is 2.80 bits per heavy atom. The molecule has 0 amide bonds. The number of nitrogens with zero attached hydrogens (tertiary/aromatic N) is 7. The van der Waals surface area contributed by atoms with Crippen molar-refractivity contribution in [3.05, 3.63) is 49.1 Å². The van der Waals surface area contributed by atoms with Gasteiger partial charge in [0, 0.05) is 17.9 Å². The van der Waals surface area contributed by atoms with E-state index < -0.39 is 0 Å². The van der Waals surface area contributed by atoms with Gasteiger partial charge in [-0.05, 0) is 32.4 Å². The lowest BCUT2D eigenvalue weighted by Gasteiger charge is -2.45. The Hall–Kier alpha value is -3.75. The van der Waals surface area contributed by atoms with Gasteiger partial charge in [-0.1, -0.05) is 19.6 Å². The average molecular weight is 403 g/mol. The zero-order valence-electron chi connectivity index (χ0n) is 17.3. The molecule has 154 valence electrons. The van der Waals surface area contributed by atoms with Gasteiger partial charge in [0.15, 0.2) is 11.6 Å². The largest absolute Gasteiger partial charge is 0.344 e. The fourth-order valence-electron chi connectivity index (χ4n) is 3.88. The van der Waals surface area contributed by atoms with Crippen molar-refractivity contribution in [3.63, 3.8) is 0 Å². The second kappa shape index (κ2) is 7.94. The van der Waals surface area contributed by atoms with E-state index in [9.17, 15) is 0 Å². The zero-order valence-corrected chi connectivity index (χ0v) is 17.3. The summed E-state index contributed by atoms with van der Waals surface area (Å²) in [6.45, 7) is 10.7. The topological polar surface area (TPSA) is 112 Å². The Bertz CT molecular complexity index is 1070. The summed E-state index contributed by atoms with van der Waals surface area (Å²) in [6.07, 6.45) is 7.68. The molecule has 3 aromatic rings. The summed E-state index contributed by atoms with van der Waals surface area (Å²) in [7, 11) is 0. The first-order valence-electron chi connectivity index (χ1n) is 9.88. The van der Waals surface area contributed by atoms with Crippen LogP contribution in [0.3, 0.4) is 0 Å². The van der Waals surface area contributed by atoms with Crippen molar-refractivity contribution < 1.29 is 0 Å². The predicted molar refractivity (Wildman–Crippen MR) is 119 cm³/mol. The van der Waals surface area contributed by atoms with E-state index in [1.807, 2.05) is 23.1 Å². The van der Waals surface area contributed by atoms with Crippen molar-refractivity contribution in [1.82, 2.24) is 25.1 Å². The molecule has 9 nitrogen and oxygen atoms in total. The minimum Gasteiger partial charge on any atom is -0.344 e. The molecular weight excluding hydrogens is 378 g/mol. The van der Waals surface area contributed by atoms with Crippen molar-refractivity contribution in [2.45, 2.75) is 39.3 Å². The maximum atomic E-state index is 5.46. The first-order valence-corrected chi connectivity index (χ1v) is 9.88. The minimum absolute atomic E-state index is 0.0675. The maximum Gasteiger partial charge on any atom is 0.165 e. The molecule has 3 aromatic heterocycles. The molecule has 0 unspecified atom stereocenters.